The van der Waals surface area contributed by atoms with Gasteiger partial charge in [-0.05, 0) is 6.42 Å². The average molecular weight is 202 g/mol. The Balaban J connectivity index is 2.53. The summed E-state index contributed by atoms with van der Waals surface area (Å²) in [5.41, 5.74) is 5.43. The van der Waals surface area contributed by atoms with Crippen LogP contribution in [0.5, 0.6) is 0 Å². The van der Waals surface area contributed by atoms with Crippen molar-refractivity contribution in [2.24, 2.45) is 5.73 Å². The zero-order valence-corrected chi connectivity index (χ0v) is 8.48. The quantitative estimate of drug-likeness (QED) is 0.643. The van der Waals surface area contributed by atoms with Crippen molar-refractivity contribution in [1.29, 1.82) is 0 Å². The minimum absolute atomic E-state index is 0.150. The Labute approximate surface area is 83.8 Å². The number of nitrogens with two attached hydrogens (primary N) is 1. The Hall–Kier alpha value is -0.650. The molecule has 5 nitrogen and oxygen atoms in total. The normalized spacial score (nSPS) is 26.0. The molecule has 0 aromatic carbocycles. The molecule has 0 radical (unpaired) electrons. The predicted octanol–water partition coefficient (Wildman–Crippen LogP) is -0.491. The van der Waals surface area contributed by atoms with Crippen LogP contribution in [0, 0.1) is 0 Å². The summed E-state index contributed by atoms with van der Waals surface area (Å²) < 4.78 is 5.46. The van der Waals surface area contributed by atoms with Crippen LogP contribution in [-0.4, -0.2) is 54.4 Å². The number of carbonyl (C=O) groups is 1. The van der Waals surface area contributed by atoms with E-state index in [1.54, 1.807) is 0 Å². The summed E-state index contributed by atoms with van der Waals surface area (Å²) in [4.78, 5) is 12.8. The van der Waals surface area contributed by atoms with E-state index in [1.807, 2.05) is 11.8 Å². The summed E-state index contributed by atoms with van der Waals surface area (Å²) in [6.07, 6.45) is 1.06. The van der Waals surface area contributed by atoms with E-state index in [1.165, 1.54) is 0 Å². The van der Waals surface area contributed by atoms with Gasteiger partial charge in [-0.25, -0.2) is 0 Å². The second kappa shape index (κ2) is 5.29. The van der Waals surface area contributed by atoms with Gasteiger partial charge in [-0.3, -0.25) is 9.69 Å². The van der Waals surface area contributed by atoms with Gasteiger partial charge >= 0.3 is 5.97 Å². The fraction of sp³-hybridized carbons (Fsp3) is 0.889. The van der Waals surface area contributed by atoms with E-state index < -0.39 is 12.0 Å². The molecule has 1 aliphatic rings. The zero-order valence-electron chi connectivity index (χ0n) is 8.48. The van der Waals surface area contributed by atoms with Gasteiger partial charge in [0.25, 0.3) is 0 Å². The summed E-state index contributed by atoms with van der Waals surface area (Å²) in [5, 5.41) is 8.92. The van der Waals surface area contributed by atoms with E-state index in [2.05, 4.69) is 0 Å². The maximum atomic E-state index is 10.9. The molecule has 2 unspecified atom stereocenters. The van der Waals surface area contributed by atoms with Crippen molar-refractivity contribution in [3.63, 3.8) is 0 Å². The molecule has 3 N–H and O–H groups in total. The van der Waals surface area contributed by atoms with E-state index in [9.17, 15) is 4.79 Å². The number of morpholine rings is 1. The van der Waals surface area contributed by atoms with Crippen LogP contribution in [0.1, 0.15) is 13.3 Å². The van der Waals surface area contributed by atoms with Gasteiger partial charge in [0, 0.05) is 19.6 Å². The number of ether oxygens (including phenoxy) is 1. The molecule has 0 aromatic heterocycles. The Morgan fingerprint density at radius 2 is 2.50 bits per heavy atom. The highest BCUT2D eigenvalue weighted by atomic mass is 16.5. The summed E-state index contributed by atoms with van der Waals surface area (Å²) in [7, 11) is 0. The highest BCUT2D eigenvalue weighted by molar-refractivity contribution is 5.73. The lowest BCUT2D eigenvalue weighted by Crippen LogP contribution is -2.53. The molecule has 5 heteroatoms. The van der Waals surface area contributed by atoms with Crippen LogP contribution >= 0.6 is 0 Å². The maximum Gasteiger partial charge on any atom is 0.322 e. The number of hydrogen-bond donors (Lipinski definition) is 2. The molecule has 0 aliphatic carbocycles. The van der Waals surface area contributed by atoms with Crippen molar-refractivity contribution < 1.29 is 14.6 Å². The van der Waals surface area contributed by atoms with E-state index in [0.717, 1.165) is 6.42 Å². The van der Waals surface area contributed by atoms with Crippen LogP contribution in [-0.2, 0) is 9.53 Å². The van der Waals surface area contributed by atoms with E-state index >= 15 is 0 Å². The molecule has 0 aromatic rings. The van der Waals surface area contributed by atoms with Crippen molar-refractivity contribution in [3.05, 3.63) is 0 Å². The lowest BCUT2D eigenvalue weighted by Gasteiger charge is -2.35. The van der Waals surface area contributed by atoms with Crippen LogP contribution in [0.4, 0.5) is 0 Å². The number of carboxylic acid groups (broad SMARTS) is 1. The maximum absolute atomic E-state index is 10.9. The topological polar surface area (TPSA) is 75.8 Å². The van der Waals surface area contributed by atoms with Gasteiger partial charge in [0.2, 0.25) is 0 Å². The smallest absolute Gasteiger partial charge is 0.322 e. The molecule has 0 saturated carbocycles. The Kier molecular flexibility index (Phi) is 4.31. The summed E-state index contributed by atoms with van der Waals surface area (Å²) in [5.74, 6) is -0.843. The van der Waals surface area contributed by atoms with Crippen LogP contribution in [0.3, 0.4) is 0 Å². The summed E-state index contributed by atoms with van der Waals surface area (Å²) in [6, 6.07) is -0.562. The molecule has 1 aliphatic heterocycles. The number of rotatable bonds is 4. The third-order valence-electron chi connectivity index (χ3n) is 2.57. The summed E-state index contributed by atoms with van der Waals surface area (Å²) in [6.45, 7) is 4.12. The zero-order chi connectivity index (χ0) is 10.6. The molecule has 1 saturated heterocycles. The Morgan fingerprint density at radius 3 is 3.00 bits per heavy atom. The largest absolute Gasteiger partial charge is 0.480 e. The second-order valence-corrected chi connectivity index (χ2v) is 3.49. The lowest BCUT2D eigenvalue weighted by molar-refractivity contribution is -0.146. The molecule has 1 heterocycles. The number of aliphatic carboxylic acids is 1. The second-order valence-electron chi connectivity index (χ2n) is 3.49. The van der Waals surface area contributed by atoms with Crippen LogP contribution in [0.25, 0.3) is 0 Å². The van der Waals surface area contributed by atoms with Gasteiger partial charge in [0.05, 0.1) is 12.7 Å². The molecule has 14 heavy (non-hydrogen) atoms. The molecule has 0 bridgehead atoms. The molecule has 82 valence electrons. The van der Waals surface area contributed by atoms with Crippen molar-refractivity contribution >= 4 is 5.97 Å². The number of carboxylic acids is 1. The van der Waals surface area contributed by atoms with Gasteiger partial charge < -0.3 is 15.6 Å². The molecular weight excluding hydrogens is 184 g/mol. The van der Waals surface area contributed by atoms with Crippen molar-refractivity contribution in [1.82, 2.24) is 4.90 Å². The van der Waals surface area contributed by atoms with E-state index in [0.29, 0.717) is 19.7 Å². The number of hydrogen-bond acceptors (Lipinski definition) is 4. The molecule has 2 atom stereocenters. The predicted molar refractivity (Wildman–Crippen MR) is 52.1 cm³/mol. The first-order valence-corrected chi connectivity index (χ1v) is 4.97. The van der Waals surface area contributed by atoms with Gasteiger partial charge in [-0.15, -0.1) is 0 Å². The highest BCUT2D eigenvalue weighted by Gasteiger charge is 2.28. The highest BCUT2D eigenvalue weighted by Crippen LogP contribution is 2.11. The summed E-state index contributed by atoms with van der Waals surface area (Å²) >= 11 is 0. The first-order valence-electron chi connectivity index (χ1n) is 4.97. The van der Waals surface area contributed by atoms with Gasteiger partial charge in [0.15, 0.2) is 0 Å². The molecule has 1 rings (SSSR count). The van der Waals surface area contributed by atoms with Crippen LogP contribution < -0.4 is 5.73 Å². The fourth-order valence-electron chi connectivity index (χ4n) is 1.68. The molecule has 0 amide bonds. The minimum Gasteiger partial charge on any atom is -0.480 e. The first-order chi connectivity index (χ1) is 6.69. The Morgan fingerprint density at radius 1 is 1.79 bits per heavy atom. The van der Waals surface area contributed by atoms with E-state index in [4.69, 9.17) is 15.6 Å². The first kappa shape index (κ1) is 11.4. The number of nitrogens with zero attached hydrogens (tertiary/aromatic N) is 1. The molecular formula is C9H18N2O3. The Bertz CT molecular complexity index is 198. The third-order valence-corrected chi connectivity index (χ3v) is 2.57. The SMILES string of the molecule is CCC1CN(C(CN)C(=O)O)CCO1. The average Bonchev–Trinajstić information content (AvgIpc) is 2.19. The molecule has 0 spiro atoms. The molecule has 1 fully saturated rings. The van der Waals surface area contributed by atoms with Crippen molar-refractivity contribution in [2.45, 2.75) is 25.5 Å². The van der Waals surface area contributed by atoms with Crippen molar-refractivity contribution in [3.8, 4) is 0 Å². The van der Waals surface area contributed by atoms with Crippen molar-refractivity contribution in [2.75, 3.05) is 26.2 Å². The standard InChI is InChI=1S/C9H18N2O3/c1-2-7-6-11(3-4-14-7)8(5-10)9(12)13/h7-8H,2-6,10H2,1H3,(H,12,13). The third kappa shape index (κ3) is 2.67. The van der Waals surface area contributed by atoms with Crippen LogP contribution in [0.2, 0.25) is 0 Å². The van der Waals surface area contributed by atoms with Gasteiger partial charge in [-0.2, -0.15) is 0 Å². The monoisotopic (exact) mass is 202 g/mol. The van der Waals surface area contributed by atoms with Gasteiger partial charge in [0.1, 0.15) is 6.04 Å². The fourth-order valence-corrected chi connectivity index (χ4v) is 1.68. The lowest BCUT2D eigenvalue weighted by atomic mass is 10.1. The van der Waals surface area contributed by atoms with Crippen LogP contribution in [0.15, 0.2) is 0 Å². The minimum atomic E-state index is -0.843. The van der Waals surface area contributed by atoms with E-state index in [-0.39, 0.29) is 12.6 Å². The van der Waals surface area contributed by atoms with Gasteiger partial charge in [-0.1, -0.05) is 6.92 Å².